The second kappa shape index (κ2) is 8.63. The number of carbonyl (C=O) groups excluding carboxylic acids is 2. The van der Waals surface area contributed by atoms with Crippen molar-refractivity contribution in [3.63, 3.8) is 0 Å². The second-order valence-electron chi connectivity index (χ2n) is 7.12. The van der Waals surface area contributed by atoms with Gasteiger partial charge in [0.05, 0.1) is 23.8 Å². The van der Waals surface area contributed by atoms with Crippen LogP contribution in [0.1, 0.15) is 48.2 Å². The first kappa shape index (κ1) is 20.8. The maximum atomic E-state index is 12.9. The third kappa shape index (κ3) is 5.34. The van der Waals surface area contributed by atoms with Crippen molar-refractivity contribution in [2.24, 2.45) is 0 Å². The van der Waals surface area contributed by atoms with Gasteiger partial charge in [-0.2, -0.15) is 13.2 Å². The number of likely N-dealkylation sites (tertiary alicyclic amines) is 1. The average molecular weight is 405 g/mol. The Bertz CT molecular complexity index is 881. The van der Waals surface area contributed by atoms with Gasteiger partial charge < -0.3 is 10.2 Å². The molecular weight excluding hydrogens is 383 g/mol. The first-order chi connectivity index (χ1) is 13.7. The number of amides is 2. The van der Waals surface area contributed by atoms with E-state index >= 15 is 0 Å². The van der Waals surface area contributed by atoms with Crippen LogP contribution in [0.25, 0.3) is 0 Å². The van der Waals surface area contributed by atoms with Crippen molar-refractivity contribution in [3.8, 4) is 0 Å². The summed E-state index contributed by atoms with van der Waals surface area (Å²) in [7, 11) is 0. The molecule has 1 unspecified atom stereocenters. The summed E-state index contributed by atoms with van der Waals surface area (Å²) in [6.07, 6.45) is -0.749. The Balaban J connectivity index is 1.68. The summed E-state index contributed by atoms with van der Waals surface area (Å²) in [6.45, 7) is 1.93. The molecule has 1 aromatic heterocycles. The molecule has 1 aliphatic rings. The van der Waals surface area contributed by atoms with Crippen molar-refractivity contribution in [1.29, 1.82) is 0 Å². The summed E-state index contributed by atoms with van der Waals surface area (Å²) >= 11 is 0. The van der Waals surface area contributed by atoms with E-state index in [1.165, 1.54) is 13.0 Å². The SMILES string of the molecule is CC(=O)NCC(=O)N1CCCC1c1ccc(Cc2cccc(C(F)(F)F)c2)cn1. The number of nitrogens with zero attached hydrogens (tertiary/aromatic N) is 2. The molecule has 0 saturated carbocycles. The first-order valence-electron chi connectivity index (χ1n) is 9.39. The zero-order chi connectivity index (χ0) is 21.0. The topological polar surface area (TPSA) is 62.3 Å². The van der Waals surface area contributed by atoms with Gasteiger partial charge in [0.15, 0.2) is 0 Å². The summed E-state index contributed by atoms with van der Waals surface area (Å²) in [5, 5.41) is 2.52. The first-order valence-corrected chi connectivity index (χ1v) is 9.39. The van der Waals surface area contributed by atoms with Gasteiger partial charge in [-0.25, -0.2) is 0 Å². The number of aromatic nitrogens is 1. The fraction of sp³-hybridized carbons (Fsp3) is 0.381. The van der Waals surface area contributed by atoms with E-state index in [2.05, 4.69) is 10.3 Å². The van der Waals surface area contributed by atoms with Crippen LogP contribution in [0.15, 0.2) is 42.6 Å². The highest BCUT2D eigenvalue weighted by atomic mass is 19.4. The largest absolute Gasteiger partial charge is 0.416 e. The Morgan fingerprint density at radius 3 is 2.66 bits per heavy atom. The molecule has 1 saturated heterocycles. The van der Waals surface area contributed by atoms with E-state index in [9.17, 15) is 22.8 Å². The second-order valence-corrected chi connectivity index (χ2v) is 7.12. The van der Waals surface area contributed by atoms with Crippen molar-refractivity contribution < 1.29 is 22.8 Å². The quantitative estimate of drug-likeness (QED) is 0.828. The highest BCUT2D eigenvalue weighted by Gasteiger charge is 2.31. The number of pyridine rings is 1. The lowest BCUT2D eigenvalue weighted by atomic mass is 10.0. The molecule has 1 aliphatic heterocycles. The van der Waals surface area contributed by atoms with Crippen molar-refractivity contribution in [2.45, 2.75) is 38.4 Å². The number of rotatable bonds is 5. The molecular formula is C21H22F3N3O2. The van der Waals surface area contributed by atoms with E-state index in [1.54, 1.807) is 17.2 Å². The van der Waals surface area contributed by atoms with Gasteiger partial charge in [-0.15, -0.1) is 0 Å². The van der Waals surface area contributed by atoms with Crippen LogP contribution in [-0.2, 0) is 22.2 Å². The van der Waals surface area contributed by atoms with Crippen LogP contribution in [0.2, 0.25) is 0 Å². The van der Waals surface area contributed by atoms with E-state index in [1.807, 2.05) is 12.1 Å². The molecule has 8 heteroatoms. The number of alkyl halides is 3. The normalized spacial score (nSPS) is 16.7. The molecule has 0 spiro atoms. The highest BCUT2D eigenvalue weighted by Crippen LogP contribution is 2.32. The lowest BCUT2D eigenvalue weighted by molar-refractivity contribution is -0.137. The van der Waals surface area contributed by atoms with E-state index in [0.29, 0.717) is 18.5 Å². The standard InChI is InChI=1S/C21H22F3N3O2/c1-14(28)25-13-20(29)27-9-3-6-19(27)18-8-7-16(12-26-18)10-15-4-2-5-17(11-15)21(22,23)24/h2,4-5,7-8,11-12,19H,3,6,9-10,13H2,1H3,(H,25,28). The molecule has 2 aromatic rings. The van der Waals surface area contributed by atoms with Crippen LogP contribution in [0.4, 0.5) is 13.2 Å². The maximum absolute atomic E-state index is 12.9. The van der Waals surface area contributed by atoms with E-state index < -0.39 is 11.7 Å². The van der Waals surface area contributed by atoms with Crippen LogP contribution in [0, 0.1) is 0 Å². The van der Waals surface area contributed by atoms with Crippen LogP contribution in [-0.4, -0.2) is 34.8 Å². The molecule has 0 bridgehead atoms. The van der Waals surface area contributed by atoms with Crippen LogP contribution < -0.4 is 5.32 Å². The lowest BCUT2D eigenvalue weighted by Gasteiger charge is -2.24. The molecule has 5 nitrogen and oxygen atoms in total. The Morgan fingerprint density at radius 1 is 1.21 bits per heavy atom. The average Bonchev–Trinajstić information content (AvgIpc) is 3.16. The van der Waals surface area contributed by atoms with Crippen molar-refractivity contribution in [2.75, 3.05) is 13.1 Å². The van der Waals surface area contributed by atoms with Crippen LogP contribution in [0.5, 0.6) is 0 Å². The fourth-order valence-electron chi connectivity index (χ4n) is 3.51. The minimum absolute atomic E-state index is 0.0422. The van der Waals surface area contributed by atoms with Crippen molar-refractivity contribution >= 4 is 11.8 Å². The molecule has 3 rings (SSSR count). The molecule has 1 atom stereocenters. The van der Waals surface area contributed by atoms with E-state index in [0.717, 1.165) is 36.2 Å². The predicted octanol–water partition coefficient (Wildman–Crippen LogP) is 3.49. The summed E-state index contributed by atoms with van der Waals surface area (Å²) < 4.78 is 38.6. The van der Waals surface area contributed by atoms with Crippen molar-refractivity contribution in [3.05, 3.63) is 65.0 Å². The molecule has 1 N–H and O–H groups in total. The predicted molar refractivity (Wildman–Crippen MR) is 101 cm³/mol. The van der Waals surface area contributed by atoms with E-state index in [4.69, 9.17) is 0 Å². The minimum Gasteiger partial charge on any atom is -0.347 e. The number of carbonyl (C=O) groups is 2. The number of nitrogens with one attached hydrogen (secondary N) is 1. The molecule has 1 fully saturated rings. The summed E-state index contributed by atoms with van der Waals surface area (Å²) in [6, 6.07) is 8.75. The molecule has 1 aromatic carbocycles. The Hall–Kier alpha value is -2.90. The molecule has 2 amide bonds. The van der Waals surface area contributed by atoms with Gasteiger partial charge in [-0.05, 0) is 42.5 Å². The Labute approximate surface area is 166 Å². The molecule has 0 radical (unpaired) electrons. The van der Waals surface area contributed by atoms with Gasteiger partial charge in [0, 0.05) is 19.7 Å². The zero-order valence-electron chi connectivity index (χ0n) is 16.0. The summed E-state index contributed by atoms with van der Waals surface area (Å²) in [5.74, 6) is -0.413. The fourth-order valence-corrected chi connectivity index (χ4v) is 3.51. The van der Waals surface area contributed by atoms with Crippen LogP contribution in [0.3, 0.4) is 0 Å². The summed E-state index contributed by atoms with van der Waals surface area (Å²) in [4.78, 5) is 29.5. The van der Waals surface area contributed by atoms with Crippen LogP contribution >= 0.6 is 0 Å². The Morgan fingerprint density at radius 2 is 2.00 bits per heavy atom. The third-order valence-corrected chi connectivity index (χ3v) is 4.91. The third-order valence-electron chi connectivity index (χ3n) is 4.91. The molecule has 0 aliphatic carbocycles. The highest BCUT2D eigenvalue weighted by molar-refractivity contribution is 5.84. The van der Waals surface area contributed by atoms with Gasteiger partial charge in [0.25, 0.3) is 0 Å². The maximum Gasteiger partial charge on any atom is 0.416 e. The molecule has 29 heavy (non-hydrogen) atoms. The summed E-state index contributed by atoms with van der Waals surface area (Å²) in [5.41, 5.74) is 1.43. The minimum atomic E-state index is -4.37. The number of hydrogen-bond donors (Lipinski definition) is 1. The lowest BCUT2D eigenvalue weighted by Crippen LogP contribution is -2.39. The molecule has 154 valence electrons. The van der Waals surface area contributed by atoms with Gasteiger partial charge in [0.2, 0.25) is 11.8 Å². The van der Waals surface area contributed by atoms with Gasteiger partial charge in [-0.3, -0.25) is 14.6 Å². The smallest absolute Gasteiger partial charge is 0.347 e. The zero-order valence-corrected chi connectivity index (χ0v) is 16.0. The monoisotopic (exact) mass is 405 g/mol. The number of benzene rings is 1. The number of hydrogen-bond acceptors (Lipinski definition) is 3. The van der Waals surface area contributed by atoms with Crippen molar-refractivity contribution in [1.82, 2.24) is 15.2 Å². The Kier molecular flexibility index (Phi) is 6.20. The van der Waals surface area contributed by atoms with Gasteiger partial charge in [-0.1, -0.05) is 24.3 Å². The molecule has 2 heterocycles. The number of halogens is 3. The van der Waals surface area contributed by atoms with Gasteiger partial charge >= 0.3 is 6.18 Å². The van der Waals surface area contributed by atoms with E-state index in [-0.39, 0.29) is 24.4 Å². The van der Waals surface area contributed by atoms with Gasteiger partial charge in [0.1, 0.15) is 0 Å².